The van der Waals surface area contributed by atoms with E-state index < -0.39 is 40.1 Å². The minimum Gasteiger partial charge on any atom is -0.509 e. The molecule has 484 valence electrons. The number of fused-ring (bicyclic) bond motifs is 4. The van der Waals surface area contributed by atoms with Gasteiger partial charge in [0.15, 0.2) is 23.3 Å². The van der Waals surface area contributed by atoms with Crippen molar-refractivity contribution in [3.63, 3.8) is 0 Å². The Balaban J connectivity index is 0.00000832. The first kappa shape index (κ1) is 65.5. The van der Waals surface area contributed by atoms with Crippen molar-refractivity contribution in [3.8, 4) is 50.7 Å². The van der Waals surface area contributed by atoms with E-state index in [4.69, 9.17) is 9.72 Å². The van der Waals surface area contributed by atoms with Gasteiger partial charge in [-0.3, -0.25) is 0 Å². The predicted molar refractivity (Wildman–Crippen MR) is 367 cm³/mol. The number of aromatic nitrogens is 2. The maximum atomic E-state index is 17.1. The first-order chi connectivity index (χ1) is 43.7. The Hall–Kier alpha value is -7.55. The molecule has 0 spiro atoms. The van der Waals surface area contributed by atoms with Crippen LogP contribution in [0.4, 0.5) is 44.7 Å². The fraction of sp³-hybridized carbons (Fsp3) is 0.341. The van der Waals surface area contributed by atoms with Gasteiger partial charge in [0.25, 0.3) is 0 Å². The van der Waals surface area contributed by atoms with Gasteiger partial charge in [0.1, 0.15) is 5.82 Å². The minimum atomic E-state index is -2.22. The van der Waals surface area contributed by atoms with Crippen molar-refractivity contribution in [2.75, 3.05) is 9.80 Å². The number of halogens is 5. The number of benzene rings is 8. The van der Waals surface area contributed by atoms with Crippen molar-refractivity contribution in [2.45, 2.75) is 181 Å². The predicted octanol–water partition coefficient (Wildman–Crippen LogP) is 24.0. The Kier molecular flexibility index (Phi) is 17.6. The van der Waals surface area contributed by atoms with Crippen LogP contribution in [0.5, 0.6) is 11.5 Å². The molecule has 0 N–H and O–H groups in total. The van der Waals surface area contributed by atoms with Crippen LogP contribution in [0.3, 0.4) is 0 Å². The first-order valence-electron chi connectivity index (χ1n) is 32.9. The largest absolute Gasteiger partial charge is 0.509 e. The van der Waals surface area contributed by atoms with E-state index in [1.807, 2.05) is 92.0 Å². The molecule has 10 aromatic rings. The molecule has 2 fully saturated rings. The van der Waals surface area contributed by atoms with Crippen LogP contribution < -0.4 is 14.5 Å². The normalized spacial score (nSPS) is 15.3. The van der Waals surface area contributed by atoms with Crippen LogP contribution in [0, 0.1) is 47.9 Å². The van der Waals surface area contributed by atoms with E-state index in [1.165, 1.54) is 29.5 Å². The zero-order valence-corrected chi connectivity index (χ0v) is 57.8. The molecule has 8 aromatic carbocycles. The molecule has 13 rings (SSSR count). The van der Waals surface area contributed by atoms with Crippen LogP contribution in [0.25, 0.3) is 61.0 Å². The third-order valence-electron chi connectivity index (χ3n) is 19.5. The summed E-state index contributed by atoms with van der Waals surface area (Å²) in [6.07, 6.45) is 13.3. The molecular formula is C82H82F5N4OPt-3. The maximum absolute atomic E-state index is 17.1. The van der Waals surface area contributed by atoms with Crippen molar-refractivity contribution < 1.29 is 47.8 Å². The zero-order chi connectivity index (χ0) is 64.9. The topological polar surface area (TPSA) is 33.5 Å². The summed E-state index contributed by atoms with van der Waals surface area (Å²) in [5, 5.41) is 2.05. The van der Waals surface area contributed by atoms with Crippen LogP contribution in [-0.4, -0.2) is 9.55 Å². The van der Waals surface area contributed by atoms with Gasteiger partial charge in [-0.2, -0.15) is 6.07 Å². The molecule has 11 heteroatoms. The third-order valence-corrected chi connectivity index (χ3v) is 19.5. The Morgan fingerprint density at radius 3 is 1.59 bits per heavy atom. The van der Waals surface area contributed by atoms with E-state index in [0.29, 0.717) is 51.5 Å². The summed E-state index contributed by atoms with van der Waals surface area (Å²) in [6.45, 7) is 27.3. The van der Waals surface area contributed by atoms with E-state index in [2.05, 4.69) is 158 Å². The summed E-state index contributed by atoms with van der Waals surface area (Å²) in [4.78, 5) is 8.83. The number of hydrogen-bond donors (Lipinski definition) is 0. The van der Waals surface area contributed by atoms with Crippen LogP contribution in [0.2, 0.25) is 0 Å². The molecule has 0 unspecified atom stereocenters. The van der Waals surface area contributed by atoms with Gasteiger partial charge in [0.2, 0.25) is 5.82 Å². The standard InChI is InChI=1S/C82H82F5N4O.Pt/c1-79(2,3)53-36-37-88-70(45-53)91-66-31-20-19-28-62(66)63-35-34-58(47-69(63)91)92-59-41-52(71-60(49-24-15-13-16-25-49)29-23-30-61(71)50-26-17-14-18-27-50)40-57(46-59)89-48-90(68-33-22-21-32-67(68)89)78-64(51-38-54(80(4,5)6)42-55(39-51)81(7,8)9)43-56(82(10,11)12)44-65(78)72-73(83)75(85)77(87)76(86)74(72)84;/h19-23,28-45,48-50H,13-18,24-27H2,1-12H3;/q-3;. The van der Waals surface area contributed by atoms with Crippen molar-refractivity contribution in [1.82, 2.24) is 9.55 Å². The van der Waals surface area contributed by atoms with Crippen LogP contribution in [-0.2, 0) is 42.7 Å². The second-order valence-corrected chi connectivity index (χ2v) is 30.1. The minimum absolute atomic E-state index is 0. The molecule has 3 heterocycles. The second-order valence-electron chi connectivity index (χ2n) is 30.1. The average Bonchev–Trinajstić information content (AvgIpc) is 1.71. The number of hydrogen-bond acceptors (Lipinski definition) is 4. The Labute approximate surface area is 560 Å². The molecule has 0 saturated heterocycles. The summed E-state index contributed by atoms with van der Waals surface area (Å²) in [5.74, 6) is -7.72. The molecule has 2 aromatic heterocycles. The van der Waals surface area contributed by atoms with Gasteiger partial charge >= 0.3 is 0 Å². The van der Waals surface area contributed by atoms with Gasteiger partial charge < -0.3 is 19.1 Å². The Bertz CT molecular complexity index is 4410. The van der Waals surface area contributed by atoms with Gasteiger partial charge in [-0.05, 0) is 152 Å². The summed E-state index contributed by atoms with van der Waals surface area (Å²) < 4.78 is 90.8. The van der Waals surface area contributed by atoms with Gasteiger partial charge in [-0.15, -0.1) is 53.6 Å². The van der Waals surface area contributed by atoms with Crippen molar-refractivity contribution in [1.29, 1.82) is 0 Å². The molecule has 0 amide bonds. The molecular weight excluding hydrogens is 1350 g/mol. The summed E-state index contributed by atoms with van der Waals surface area (Å²) in [7, 11) is 0. The van der Waals surface area contributed by atoms with E-state index in [0.717, 1.165) is 107 Å². The third kappa shape index (κ3) is 12.4. The van der Waals surface area contributed by atoms with E-state index in [1.54, 1.807) is 6.07 Å². The summed E-state index contributed by atoms with van der Waals surface area (Å²) in [5.41, 5.74) is 11.2. The number of para-hydroxylation sites is 3. The summed E-state index contributed by atoms with van der Waals surface area (Å²) in [6, 6.07) is 53.1. The molecule has 5 nitrogen and oxygen atoms in total. The van der Waals surface area contributed by atoms with Gasteiger partial charge in [-0.25, -0.2) is 26.9 Å². The van der Waals surface area contributed by atoms with E-state index in [-0.39, 0.29) is 48.6 Å². The van der Waals surface area contributed by atoms with Gasteiger partial charge in [0, 0.05) is 72.5 Å². The quantitative estimate of drug-likeness (QED) is 0.0591. The molecule has 0 bridgehead atoms. The average molecular weight is 1430 g/mol. The molecule has 0 radical (unpaired) electrons. The number of nitrogens with zero attached hydrogens (tertiary/aromatic N) is 4. The SMILES string of the molecule is CC(C)(C)c1cc(-c2cc(C(C)(C)C)cc(-c3c(F)c(F)c(F)c(F)c3F)c2N2[CH-]N(c3[c-]c(Oc4[c-]c5c(cc4)c4ccccc4n5-c4cc(C(C)(C)C)ccn4)cc(-c4c(C5CCCCC5)cccc4C4CCCCC4)c3)c3ccccc32)cc(C(C)(C)C)c1.[Pt]. The Morgan fingerprint density at radius 1 is 0.462 bits per heavy atom. The monoisotopic (exact) mass is 1430 g/mol. The van der Waals surface area contributed by atoms with Crippen molar-refractivity contribution >= 4 is 44.6 Å². The molecule has 2 saturated carbocycles. The number of pyridine rings is 1. The van der Waals surface area contributed by atoms with Crippen molar-refractivity contribution in [2.24, 2.45) is 0 Å². The van der Waals surface area contributed by atoms with Crippen LogP contribution in [0.1, 0.15) is 193 Å². The fourth-order valence-electron chi connectivity index (χ4n) is 14.3. The number of ether oxygens (including phenoxy) is 1. The van der Waals surface area contributed by atoms with E-state index in [9.17, 15) is 0 Å². The molecule has 93 heavy (non-hydrogen) atoms. The first-order valence-corrected chi connectivity index (χ1v) is 32.9. The molecule has 1 aliphatic heterocycles. The van der Waals surface area contributed by atoms with Crippen LogP contribution >= 0.6 is 0 Å². The van der Waals surface area contributed by atoms with E-state index >= 15 is 22.0 Å². The van der Waals surface area contributed by atoms with Gasteiger partial charge in [0.05, 0.1) is 5.56 Å². The fourth-order valence-corrected chi connectivity index (χ4v) is 14.3. The van der Waals surface area contributed by atoms with Crippen molar-refractivity contribution in [3.05, 3.63) is 221 Å². The van der Waals surface area contributed by atoms with Gasteiger partial charge in [-0.1, -0.05) is 194 Å². The smallest absolute Gasteiger partial charge is 0.200 e. The van der Waals surface area contributed by atoms with Crippen LogP contribution in [0.15, 0.2) is 140 Å². The molecule has 0 atom stereocenters. The second kappa shape index (κ2) is 25.0. The molecule has 2 aliphatic carbocycles. The number of anilines is 4. The molecule has 3 aliphatic rings. The maximum Gasteiger partial charge on any atom is 0.200 e. The Morgan fingerprint density at radius 2 is 1.00 bits per heavy atom. The zero-order valence-electron chi connectivity index (χ0n) is 55.5. The number of rotatable bonds is 10. The summed E-state index contributed by atoms with van der Waals surface area (Å²) >= 11 is 0.